The minimum absolute atomic E-state index is 0.0272. The van der Waals surface area contributed by atoms with Gasteiger partial charge in [0.25, 0.3) is 5.91 Å². The Morgan fingerprint density at radius 3 is 2.48 bits per heavy atom. The number of likely N-dealkylation sites (tertiary alicyclic amines) is 1. The second-order valence-corrected chi connectivity index (χ2v) is 8.57. The van der Waals surface area contributed by atoms with E-state index in [4.69, 9.17) is 11.6 Å². The highest BCUT2D eigenvalue weighted by molar-refractivity contribution is 6.32. The predicted octanol–water partition coefficient (Wildman–Crippen LogP) is 3.17. The van der Waals surface area contributed by atoms with E-state index in [1.54, 1.807) is 10.7 Å². The number of nitrogens with one attached hydrogen (secondary N) is 1. The van der Waals surface area contributed by atoms with Gasteiger partial charge in [-0.15, -0.1) is 5.10 Å². The molecule has 1 aromatic heterocycles. The third-order valence-corrected chi connectivity index (χ3v) is 5.82. The molecule has 0 radical (unpaired) electrons. The van der Waals surface area contributed by atoms with Crippen molar-refractivity contribution in [3.8, 4) is 5.69 Å². The van der Waals surface area contributed by atoms with Crippen LogP contribution in [0.4, 0.5) is 0 Å². The zero-order valence-electron chi connectivity index (χ0n) is 16.8. The molecule has 0 bridgehead atoms. The Hall–Kier alpha value is -2.41. The van der Waals surface area contributed by atoms with Gasteiger partial charge in [-0.05, 0) is 43.7 Å². The molecule has 29 heavy (non-hydrogen) atoms. The largest absolute Gasteiger partial charge is 0.341 e. The van der Waals surface area contributed by atoms with Gasteiger partial charge in [-0.2, -0.15) is 0 Å². The minimum Gasteiger partial charge on any atom is -0.341 e. The monoisotopic (exact) mass is 415 g/mol. The van der Waals surface area contributed by atoms with Gasteiger partial charge in [0.2, 0.25) is 11.7 Å². The second kappa shape index (κ2) is 8.14. The molecule has 0 spiro atoms. The van der Waals surface area contributed by atoms with Crippen molar-refractivity contribution in [3.05, 3.63) is 40.9 Å². The van der Waals surface area contributed by atoms with E-state index in [9.17, 15) is 9.59 Å². The Balaban J connectivity index is 1.59. The molecule has 1 N–H and O–H groups in total. The van der Waals surface area contributed by atoms with Crippen molar-refractivity contribution in [1.82, 2.24) is 25.0 Å². The lowest BCUT2D eigenvalue weighted by molar-refractivity contribution is -0.133. The van der Waals surface area contributed by atoms with E-state index < -0.39 is 11.9 Å². The lowest BCUT2D eigenvalue weighted by Crippen LogP contribution is -2.50. The number of carbonyl (C=O) groups excluding carboxylic acids is 2. The van der Waals surface area contributed by atoms with Gasteiger partial charge in [-0.25, -0.2) is 9.67 Å². The lowest BCUT2D eigenvalue weighted by Gasteiger charge is -2.26. The summed E-state index contributed by atoms with van der Waals surface area (Å²) in [6.45, 7) is 5.38. The SMILES string of the molecule is CC(C)[C@H](NC(=O)c1nc(C2CC2)n(-c2ccccc2Cl)n1)C(=O)N1CCCC1. The topological polar surface area (TPSA) is 80.1 Å². The van der Waals surface area contributed by atoms with Crippen LogP contribution in [0.15, 0.2) is 24.3 Å². The molecule has 1 aromatic carbocycles. The summed E-state index contributed by atoms with van der Waals surface area (Å²) in [5, 5.41) is 7.88. The summed E-state index contributed by atoms with van der Waals surface area (Å²) in [5.41, 5.74) is 0.705. The number of amides is 2. The first-order valence-corrected chi connectivity index (χ1v) is 10.6. The zero-order chi connectivity index (χ0) is 20.5. The maximum Gasteiger partial charge on any atom is 0.291 e. The first-order chi connectivity index (χ1) is 14.0. The molecule has 2 fully saturated rings. The average molecular weight is 416 g/mol. The number of hydrogen-bond donors (Lipinski definition) is 1. The van der Waals surface area contributed by atoms with Gasteiger partial charge in [0, 0.05) is 19.0 Å². The zero-order valence-corrected chi connectivity index (χ0v) is 17.5. The van der Waals surface area contributed by atoms with Crippen molar-refractivity contribution >= 4 is 23.4 Å². The predicted molar refractivity (Wildman–Crippen MR) is 110 cm³/mol. The molecular formula is C21H26ClN5O2. The number of para-hydroxylation sites is 1. The van der Waals surface area contributed by atoms with E-state index in [1.165, 1.54) is 0 Å². The number of hydrogen-bond acceptors (Lipinski definition) is 4. The van der Waals surface area contributed by atoms with Gasteiger partial charge >= 0.3 is 0 Å². The quantitative estimate of drug-likeness (QED) is 0.785. The second-order valence-electron chi connectivity index (χ2n) is 8.16. The lowest BCUT2D eigenvalue weighted by atomic mass is 10.0. The molecule has 2 aliphatic rings. The Morgan fingerprint density at radius 1 is 1.17 bits per heavy atom. The van der Waals surface area contributed by atoms with Crippen LogP contribution >= 0.6 is 11.6 Å². The van der Waals surface area contributed by atoms with Crippen LogP contribution in [0.25, 0.3) is 5.69 Å². The van der Waals surface area contributed by atoms with Crippen molar-refractivity contribution in [2.75, 3.05) is 13.1 Å². The number of halogens is 1. The van der Waals surface area contributed by atoms with Crippen LogP contribution in [-0.2, 0) is 4.79 Å². The molecule has 7 nitrogen and oxygen atoms in total. The van der Waals surface area contributed by atoms with Crippen molar-refractivity contribution in [2.24, 2.45) is 5.92 Å². The van der Waals surface area contributed by atoms with Crippen LogP contribution in [-0.4, -0.2) is 50.6 Å². The smallest absolute Gasteiger partial charge is 0.291 e. The molecule has 1 aliphatic heterocycles. The third kappa shape index (κ3) is 4.15. The summed E-state index contributed by atoms with van der Waals surface area (Å²) >= 11 is 6.35. The van der Waals surface area contributed by atoms with E-state index in [0.29, 0.717) is 10.7 Å². The molecular weight excluding hydrogens is 390 g/mol. The Morgan fingerprint density at radius 2 is 1.86 bits per heavy atom. The highest BCUT2D eigenvalue weighted by atomic mass is 35.5. The third-order valence-electron chi connectivity index (χ3n) is 5.50. The van der Waals surface area contributed by atoms with Gasteiger partial charge in [0.15, 0.2) is 0 Å². The fraction of sp³-hybridized carbons (Fsp3) is 0.524. The summed E-state index contributed by atoms with van der Waals surface area (Å²) in [5.74, 6) is 0.623. The van der Waals surface area contributed by atoms with Crippen molar-refractivity contribution in [2.45, 2.75) is 51.5 Å². The summed E-state index contributed by atoms with van der Waals surface area (Å²) in [7, 11) is 0. The maximum atomic E-state index is 13.0. The van der Waals surface area contributed by atoms with Crippen molar-refractivity contribution in [3.63, 3.8) is 0 Å². The fourth-order valence-electron chi connectivity index (χ4n) is 3.68. The molecule has 1 saturated carbocycles. The first-order valence-electron chi connectivity index (χ1n) is 10.3. The Kier molecular flexibility index (Phi) is 5.58. The molecule has 8 heteroatoms. The van der Waals surface area contributed by atoms with E-state index in [2.05, 4.69) is 15.4 Å². The summed E-state index contributed by atoms with van der Waals surface area (Å²) in [6.07, 6.45) is 4.07. The fourth-order valence-corrected chi connectivity index (χ4v) is 3.90. The van der Waals surface area contributed by atoms with Gasteiger partial charge in [0.05, 0.1) is 10.7 Å². The van der Waals surface area contributed by atoms with Crippen LogP contribution in [0.5, 0.6) is 0 Å². The average Bonchev–Trinajstić information content (AvgIpc) is 3.22. The van der Waals surface area contributed by atoms with Crippen LogP contribution in [0.1, 0.15) is 61.9 Å². The highest BCUT2D eigenvalue weighted by Crippen LogP contribution is 2.40. The maximum absolute atomic E-state index is 13.0. The Labute approximate surface area is 175 Å². The molecule has 2 aromatic rings. The van der Waals surface area contributed by atoms with E-state index >= 15 is 0 Å². The van der Waals surface area contributed by atoms with Gasteiger partial charge < -0.3 is 10.2 Å². The van der Waals surface area contributed by atoms with Gasteiger partial charge in [-0.3, -0.25) is 9.59 Å². The number of rotatable bonds is 6. The van der Waals surface area contributed by atoms with Gasteiger partial charge in [0.1, 0.15) is 11.9 Å². The molecule has 2 amide bonds. The number of benzene rings is 1. The van der Waals surface area contributed by atoms with Gasteiger partial charge in [-0.1, -0.05) is 37.6 Å². The molecule has 1 saturated heterocycles. The summed E-state index contributed by atoms with van der Waals surface area (Å²) in [4.78, 5) is 32.2. The first kappa shape index (κ1) is 19.9. The number of aromatic nitrogens is 3. The number of carbonyl (C=O) groups is 2. The minimum atomic E-state index is -0.586. The van der Waals surface area contributed by atoms with E-state index in [0.717, 1.165) is 44.6 Å². The van der Waals surface area contributed by atoms with Crippen LogP contribution in [0, 0.1) is 5.92 Å². The van der Waals surface area contributed by atoms with Crippen LogP contribution in [0.2, 0.25) is 5.02 Å². The summed E-state index contributed by atoms with van der Waals surface area (Å²) < 4.78 is 1.67. The van der Waals surface area contributed by atoms with Crippen LogP contribution < -0.4 is 5.32 Å². The van der Waals surface area contributed by atoms with E-state index in [1.807, 2.05) is 36.9 Å². The summed E-state index contributed by atoms with van der Waals surface area (Å²) in [6, 6.07) is 6.79. The number of nitrogens with zero attached hydrogens (tertiary/aromatic N) is 4. The molecule has 2 heterocycles. The molecule has 0 unspecified atom stereocenters. The van der Waals surface area contributed by atoms with Crippen LogP contribution in [0.3, 0.4) is 0 Å². The molecule has 154 valence electrons. The van der Waals surface area contributed by atoms with E-state index in [-0.39, 0.29) is 23.6 Å². The standard InChI is InChI=1S/C21H26ClN5O2/c1-13(2)17(21(29)26-11-5-6-12-26)23-20(28)18-24-19(14-9-10-14)27(25-18)16-8-4-3-7-15(16)22/h3-4,7-8,13-14,17H,5-6,9-12H2,1-2H3,(H,23,28)/t17-/m0/s1. The highest BCUT2D eigenvalue weighted by Gasteiger charge is 2.34. The molecule has 1 atom stereocenters. The molecule has 4 rings (SSSR count). The van der Waals surface area contributed by atoms with Crippen molar-refractivity contribution < 1.29 is 9.59 Å². The molecule has 1 aliphatic carbocycles. The van der Waals surface area contributed by atoms with Crippen molar-refractivity contribution in [1.29, 1.82) is 0 Å². The normalized spacial score (nSPS) is 17.6. The Bertz CT molecular complexity index is 916.